The molecule has 7 heteroatoms. The Morgan fingerprint density at radius 3 is 2.68 bits per heavy atom. The SMILES string of the molecule is Cn1c(-c2ccccc2F)nc2c(Cl)nc(N)nc21. The summed E-state index contributed by atoms with van der Waals surface area (Å²) in [7, 11) is 1.72. The van der Waals surface area contributed by atoms with E-state index in [1.807, 2.05) is 0 Å². The second-order valence-corrected chi connectivity index (χ2v) is 4.38. The summed E-state index contributed by atoms with van der Waals surface area (Å²) in [6, 6.07) is 6.36. The van der Waals surface area contributed by atoms with Gasteiger partial charge in [0.2, 0.25) is 5.95 Å². The minimum atomic E-state index is -0.363. The minimum Gasteiger partial charge on any atom is -0.368 e. The molecule has 0 fully saturated rings. The van der Waals surface area contributed by atoms with Crippen molar-refractivity contribution in [2.24, 2.45) is 7.05 Å². The summed E-state index contributed by atoms with van der Waals surface area (Å²) in [4.78, 5) is 12.2. The number of rotatable bonds is 1. The highest BCUT2D eigenvalue weighted by Gasteiger charge is 2.17. The molecule has 5 nitrogen and oxygen atoms in total. The minimum absolute atomic E-state index is 0.0561. The lowest BCUT2D eigenvalue weighted by Crippen LogP contribution is -1.99. The van der Waals surface area contributed by atoms with Crippen LogP contribution in [-0.4, -0.2) is 19.5 Å². The Labute approximate surface area is 112 Å². The third-order valence-corrected chi connectivity index (χ3v) is 3.07. The monoisotopic (exact) mass is 277 g/mol. The van der Waals surface area contributed by atoms with Gasteiger partial charge < -0.3 is 10.3 Å². The van der Waals surface area contributed by atoms with Gasteiger partial charge >= 0.3 is 0 Å². The van der Waals surface area contributed by atoms with E-state index < -0.39 is 0 Å². The predicted molar refractivity (Wildman–Crippen MR) is 71.1 cm³/mol. The van der Waals surface area contributed by atoms with E-state index in [0.717, 1.165) is 0 Å². The smallest absolute Gasteiger partial charge is 0.223 e. The number of fused-ring (bicyclic) bond motifs is 1. The summed E-state index contributed by atoms with van der Waals surface area (Å²) < 4.78 is 15.5. The first-order valence-electron chi connectivity index (χ1n) is 5.48. The van der Waals surface area contributed by atoms with Gasteiger partial charge in [0, 0.05) is 7.05 Å². The number of anilines is 1. The van der Waals surface area contributed by atoms with E-state index in [1.54, 1.807) is 29.8 Å². The molecule has 0 aliphatic rings. The van der Waals surface area contributed by atoms with Crippen LogP contribution in [0, 0.1) is 5.82 Å². The van der Waals surface area contributed by atoms with E-state index in [2.05, 4.69) is 15.0 Å². The molecule has 19 heavy (non-hydrogen) atoms. The summed E-state index contributed by atoms with van der Waals surface area (Å²) >= 11 is 5.97. The molecule has 3 aromatic rings. The van der Waals surface area contributed by atoms with Gasteiger partial charge in [0.25, 0.3) is 0 Å². The highest BCUT2D eigenvalue weighted by Crippen LogP contribution is 2.27. The number of hydrogen-bond donors (Lipinski definition) is 1. The largest absolute Gasteiger partial charge is 0.368 e. The Balaban J connectivity index is 2.35. The van der Waals surface area contributed by atoms with E-state index in [9.17, 15) is 4.39 Å². The maximum Gasteiger partial charge on any atom is 0.223 e. The van der Waals surface area contributed by atoms with E-state index in [4.69, 9.17) is 17.3 Å². The molecule has 0 aliphatic carbocycles. The number of nitrogens with two attached hydrogens (primary N) is 1. The van der Waals surface area contributed by atoms with Crippen LogP contribution in [0.4, 0.5) is 10.3 Å². The molecule has 0 bridgehead atoms. The Morgan fingerprint density at radius 2 is 1.95 bits per heavy atom. The highest BCUT2D eigenvalue weighted by atomic mass is 35.5. The van der Waals surface area contributed by atoms with Crippen LogP contribution in [0.5, 0.6) is 0 Å². The second-order valence-electron chi connectivity index (χ2n) is 4.02. The number of benzene rings is 1. The zero-order valence-corrected chi connectivity index (χ0v) is 10.7. The molecule has 2 N–H and O–H groups in total. The van der Waals surface area contributed by atoms with Gasteiger partial charge in [0.15, 0.2) is 10.8 Å². The molecule has 96 valence electrons. The van der Waals surface area contributed by atoms with E-state index >= 15 is 0 Å². The molecular formula is C12H9ClFN5. The topological polar surface area (TPSA) is 69.6 Å². The molecule has 1 aromatic carbocycles. The zero-order valence-electron chi connectivity index (χ0n) is 9.93. The van der Waals surface area contributed by atoms with Gasteiger partial charge in [-0.15, -0.1) is 0 Å². The molecule has 3 rings (SSSR count). The van der Waals surface area contributed by atoms with Gasteiger partial charge in [-0.1, -0.05) is 23.7 Å². The molecule has 2 aromatic heterocycles. The number of aryl methyl sites for hydroxylation is 1. The average molecular weight is 278 g/mol. The maximum absolute atomic E-state index is 13.8. The van der Waals surface area contributed by atoms with Crippen LogP contribution >= 0.6 is 11.6 Å². The standard InChI is InChI=1S/C12H9ClFN5/c1-19-10(6-4-2-3-5-7(6)14)16-8-9(13)17-12(15)18-11(8)19/h2-5H,1H3,(H2,15,17,18). The molecule has 0 radical (unpaired) electrons. The molecular weight excluding hydrogens is 269 g/mol. The van der Waals surface area contributed by atoms with Crippen LogP contribution in [0.15, 0.2) is 24.3 Å². The summed E-state index contributed by atoms with van der Waals surface area (Å²) in [5.41, 5.74) is 6.79. The number of nitrogen functional groups attached to an aromatic ring is 1. The fourth-order valence-electron chi connectivity index (χ4n) is 1.93. The van der Waals surface area contributed by atoms with Crippen LogP contribution < -0.4 is 5.73 Å². The van der Waals surface area contributed by atoms with Crippen molar-refractivity contribution in [3.05, 3.63) is 35.2 Å². The van der Waals surface area contributed by atoms with Crippen molar-refractivity contribution in [1.82, 2.24) is 19.5 Å². The first kappa shape index (κ1) is 11.9. The summed E-state index contributed by atoms with van der Waals surface area (Å²) in [6.45, 7) is 0. The van der Waals surface area contributed by atoms with Crippen molar-refractivity contribution in [2.45, 2.75) is 0 Å². The Morgan fingerprint density at radius 1 is 1.21 bits per heavy atom. The van der Waals surface area contributed by atoms with Crippen molar-refractivity contribution in [1.29, 1.82) is 0 Å². The lowest BCUT2D eigenvalue weighted by Gasteiger charge is -2.02. The average Bonchev–Trinajstić information content (AvgIpc) is 2.68. The predicted octanol–water partition coefficient (Wildman–Crippen LogP) is 2.41. The van der Waals surface area contributed by atoms with E-state index in [0.29, 0.717) is 22.6 Å². The van der Waals surface area contributed by atoms with E-state index in [1.165, 1.54) is 6.07 Å². The van der Waals surface area contributed by atoms with E-state index in [-0.39, 0.29) is 16.9 Å². The van der Waals surface area contributed by atoms with Gasteiger partial charge in [-0.05, 0) is 12.1 Å². The molecule has 0 atom stereocenters. The molecule has 2 heterocycles. The molecule has 0 aliphatic heterocycles. The first-order chi connectivity index (χ1) is 9.08. The van der Waals surface area contributed by atoms with Gasteiger partial charge in [0.05, 0.1) is 5.56 Å². The molecule has 0 unspecified atom stereocenters. The Kier molecular flexibility index (Phi) is 2.60. The Hall–Kier alpha value is -2.21. The number of nitrogens with zero attached hydrogens (tertiary/aromatic N) is 4. The van der Waals surface area contributed by atoms with Crippen molar-refractivity contribution >= 4 is 28.7 Å². The second kappa shape index (κ2) is 4.17. The molecule has 0 spiro atoms. The van der Waals surface area contributed by atoms with Crippen LogP contribution in [0.25, 0.3) is 22.6 Å². The zero-order chi connectivity index (χ0) is 13.6. The summed E-state index contributed by atoms with van der Waals surface area (Å²) in [5.74, 6) is 0.119. The van der Waals surface area contributed by atoms with Gasteiger partial charge in [-0.3, -0.25) is 0 Å². The third-order valence-electron chi connectivity index (χ3n) is 2.81. The van der Waals surface area contributed by atoms with Crippen molar-refractivity contribution in [3.8, 4) is 11.4 Å². The third kappa shape index (κ3) is 1.80. The lowest BCUT2D eigenvalue weighted by molar-refractivity contribution is 0.629. The van der Waals surface area contributed by atoms with Crippen LogP contribution in [0.3, 0.4) is 0 Å². The van der Waals surface area contributed by atoms with Crippen molar-refractivity contribution in [2.75, 3.05) is 5.73 Å². The quantitative estimate of drug-likeness (QED) is 0.694. The van der Waals surface area contributed by atoms with Gasteiger partial charge in [-0.2, -0.15) is 9.97 Å². The first-order valence-corrected chi connectivity index (χ1v) is 5.86. The van der Waals surface area contributed by atoms with Crippen molar-refractivity contribution in [3.63, 3.8) is 0 Å². The Bertz CT molecular complexity index is 783. The molecule has 0 saturated carbocycles. The number of aromatic nitrogens is 4. The van der Waals surface area contributed by atoms with Crippen molar-refractivity contribution < 1.29 is 4.39 Å². The van der Waals surface area contributed by atoms with Gasteiger partial charge in [0.1, 0.15) is 17.2 Å². The molecule has 0 amide bonds. The van der Waals surface area contributed by atoms with Crippen LogP contribution in [0.1, 0.15) is 0 Å². The highest BCUT2D eigenvalue weighted by molar-refractivity contribution is 6.33. The number of hydrogen-bond acceptors (Lipinski definition) is 4. The fourth-order valence-corrected chi connectivity index (χ4v) is 2.14. The van der Waals surface area contributed by atoms with Crippen LogP contribution in [-0.2, 0) is 7.05 Å². The summed E-state index contributed by atoms with van der Waals surface area (Å²) in [6.07, 6.45) is 0. The normalized spacial score (nSPS) is 11.1. The van der Waals surface area contributed by atoms with Crippen LogP contribution in [0.2, 0.25) is 5.15 Å². The lowest BCUT2D eigenvalue weighted by atomic mass is 10.2. The number of imidazole rings is 1. The maximum atomic E-state index is 13.8. The summed E-state index contributed by atoms with van der Waals surface area (Å²) in [5, 5.41) is 0.153. The number of halogens is 2. The molecule has 0 saturated heterocycles. The van der Waals surface area contributed by atoms with Gasteiger partial charge in [-0.25, -0.2) is 9.37 Å². The fraction of sp³-hybridized carbons (Fsp3) is 0.0833.